The molecule has 0 amide bonds. The molecule has 1 aromatic carbocycles. The van der Waals surface area contributed by atoms with E-state index in [9.17, 15) is 0 Å². The van der Waals surface area contributed by atoms with Gasteiger partial charge in [-0.05, 0) is 37.9 Å². The summed E-state index contributed by atoms with van der Waals surface area (Å²) < 4.78 is 5.58. The smallest absolute Gasteiger partial charge is 0.0591 e. The van der Waals surface area contributed by atoms with Crippen molar-refractivity contribution < 1.29 is 4.74 Å². The highest BCUT2D eigenvalue weighted by Crippen LogP contribution is 2.17. The zero-order chi connectivity index (χ0) is 14.8. The van der Waals surface area contributed by atoms with Gasteiger partial charge in [-0.15, -0.1) is 0 Å². The number of piperidine rings is 1. The Morgan fingerprint density at radius 2 is 1.86 bits per heavy atom. The first kappa shape index (κ1) is 16.5. The molecule has 118 valence electrons. The van der Waals surface area contributed by atoms with Crippen LogP contribution in [0.2, 0.25) is 0 Å². The van der Waals surface area contributed by atoms with Gasteiger partial charge in [0.25, 0.3) is 0 Å². The fourth-order valence-corrected chi connectivity index (χ4v) is 2.93. The molecule has 3 heteroatoms. The van der Waals surface area contributed by atoms with Crippen LogP contribution in [0.3, 0.4) is 0 Å². The van der Waals surface area contributed by atoms with Crippen molar-refractivity contribution in [3.05, 3.63) is 35.9 Å². The summed E-state index contributed by atoms with van der Waals surface area (Å²) in [4.78, 5) is 2.60. The number of nitrogens with zero attached hydrogens (tertiary/aromatic N) is 1. The summed E-state index contributed by atoms with van der Waals surface area (Å²) in [6.45, 7) is 8.34. The molecule has 0 spiro atoms. The van der Waals surface area contributed by atoms with Crippen LogP contribution in [-0.2, 0) is 4.74 Å². The van der Waals surface area contributed by atoms with Crippen molar-refractivity contribution in [3.8, 4) is 0 Å². The van der Waals surface area contributed by atoms with Crippen LogP contribution in [0.4, 0.5) is 0 Å². The predicted molar refractivity (Wildman–Crippen MR) is 88.6 cm³/mol. The zero-order valence-electron chi connectivity index (χ0n) is 13.4. The number of hydrogen-bond acceptors (Lipinski definition) is 3. The van der Waals surface area contributed by atoms with Crippen LogP contribution in [0.1, 0.15) is 44.2 Å². The highest BCUT2D eigenvalue weighted by molar-refractivity contribution is 5.19. The van der Waals surface area contributed by atoms with E-state index in [1.807, 2.05) is 0 Å². The van der Waals surface area contributed by atoms with Gasteiger partial charge < -0.3 is 15.0 Å². The minimum absolute atomic E-state index is 0.412. The molecule has 0 radical (unpaired) electrons. The largest absolute Gasteiger partial charge is 0.380 e. The van der Waals surface area contributed by atoms with E-state index in [4.69, 9.17) is 4.74 Å². The van der Waals surface area contributed by atoms with Gasteiger partial charge in [-0.2, -0.15) is 0 Å². The summed E-state index contributed by atoms with van der Waals surface area (Å²) in [5.74, 6) is 0. The molecule has 1 heterocycles. The van der Waals surface area contributed by atoms with Crippen molar-refractivity contribution in [2.24, 2.45) is 0 Å². The molecule has 21 heavy (non-hydrogen) atoms. The molecule has 1 aliphatic heterocycles. The molecule has 0 saturated carbocycles. The van der Waals surface area contributed by atoms with Crippen LogP contribution in [0.25, 0.3) is 0 Å². The first-order chi connectivity index (χ1) is 10.4. The molecule has 3 nitrogen and oxygen atoms in total. The van der Waals surface area contributed by atoms with Crippen LogP contribution >= 0.6 is 0 Å². The average Bonchev–Trinajstić information content (AvgIpc) is 2.55. The summed E-state index contributed by atoms with van der Waals surface area (Å²) in [6.07, 6.45) is 5.18. The second-order valence-corrected chi connectivity index (χ2v) is 5.89. The SMILES string of the molecule is CCCOCCN[C@@H](CN1CCCCC1)c1ccccc1. The Morgan fingerprint density at radius 1 is 1.10 bits per heavy atom. The number of rotatable bonds is 9. The lowest BCUT2D eigenvalue weighted by molar-refractivity contribution is 0.130. The Kier molecular flexibility index (Phi) is 7.79. The number of nitrogens with one attached hydrogen (secondary N) is 1. The molecule has 1 N–H and O–H groups in total. The predicted octanol–water partition coefficient (Wildman–Crippen LogP) is 3.23. The Labute approximate surface area is 129 Å². The summed E-state index contributed by atoms with van der Waals surface area (Å²) in [5.41, 5.74) is 1.39. The van der Waals surface area contributed by atoms with Crippen molar-refractivity contribution in [2.45, 2.75) is 38.6 Å². The average molecular weight is 290 g/mol. The van der Waals surface area contributed by atoms with E-state index in [2.05, 4.69) is 47.5 Å². The molecular weight excluding hydrogens is 260 g/mol. The van der Waals surface area contributed by atoms with E-state index in [-0.39, 0.29) is 0 Å². The number of hydrogen-bond donors (Lipinski definition) is 1. The van der Waals surface area contributed by atoms with Crippen molar-refractivity contribution in [1.29, 1.82) is 0 Å². The van der Waals surface area contributed by atoms with E-state index >= 15 is 0 Å². The Bertz CT molecular complexity index is 363. The van der Waals surface area contributed by atoms with Gasteiger partial charge in [-0.3, -0.25) is 0 Å². The number of benzene rings is 1. The summed E-state index contributed by atoms with van der Waals surface area (Å²) in [6, 6.07) is 11.2. The maximum absolute atomic E-state index is 5.58. The molecule has 2 rings (SSSR count). The summed E-state index contributed by atoms with van der Waals surface area (Å²) in [5, 5.41) is 3.68. The summed E-state index contributed by atoms with van der Waals surface area (Å²) >= 11 is 0. The quantitative estimate of drug-likeness (QED) is 0.707. The number of ether oxygens (including phenoxy) is 1. The van der Waals surface area contributed by atoms with E-state index in [0.29, 0.717) is 6.04 Å². The lowest BCUT2D eigenvalue weighted by atomic mass is 10.0. The van der Waals surface area contributed by atoms with E-state index in [0.717, 1.165) is 32.7 Å². The Balaban J connectivity index is 1.84. The van der Waals surface area contributed by atoms with Crippen LogP contribution in [0, 0.1) is 0 Å². The second-order valence-electron chi connectivity index (χ2n) is 5.89. The fraction of sp³-hybridized carbons (Fsp3) is 0.667. The second kappa shape index (κ2) is 9.93. The third kappa shape index (κ3) is 6.16. The lowest BCUT2D eigenvalue weighted by Gasteiger charge is -2.31. The fourth-order valence-electron chi connectivity index (χ4n) is 2.93. The van der Waals surface area contributed by atoms with Crippen molar-refractivity contribution >= 4 is 0 Å². The molecule has 1 aromatic rings. The van der Waals surface area contributed by atoms with Crippen LogP contribution in [0.5, 0.6) is 0 Å². The third-order valence-electron chi connectivity index (χ3n) is 4.08. The molecule has 1 saturated heterocycles. The zero-order valence-corrected chi connectivity index (χ0v) is 13.4. The molecule has 0 aliphatic carbocycles. The van der Waals surface area contributed by atoms with Crippen LogP contribution < -0.4 is 5.32 Å². The highest BCUT2D eigenvalue weighted by Gasteiger charge is 2.17. The van der Waals surface area contributed by atoms with Gasteiger partial charge in [0.05, 0.1) is 6.61 Å². The Morgan fingerprint density at radius 3 is 2.57 bits per heavy atom. The molecule has 1 atom stereocenters. The van der Waals surface area contributed by atoms with Gasteiger partial charge in [-0.25, -0.2) is 0 Å². The minimum Gasteiger partial charge on any atom is -0.380 e. The normalized spacial score (nSPS) is 17.8. The van der Waals surface area contributed by atoms with Gasteiger partial charge in [0.1, 0.15) is 0 Å². The highest BCUT2D eigenvalue weighted by atomic mass is 16.5. The van der Waals surface area contributed by atoms with Crippen LogP contribution in [0.15, 0.2) is 30.3 Å². The monoisotopic (exact) mass is 290 g/mol. The van der Waals surface area contributed by atoms with E-state index < -0.39 is 0 Å². The first-order valence-electron chi connectivity index (χ1n) is 8.48. The minimum atomic E-state index is 0.412. The van der Waals surface area contributed by atoms with Gasteiger partial charge in [-0.1, -0.05) is 43.7 Å². The van der Waals surface area contributed by atoms with Crippen LogP contribution in [-0.4, -0.2) is 44.3 Å². The van der Waals surface area contributed by atoms with E-state index in [1.54, 1.807) is 0 Å². The summed E-state index contributed by atoms with van der Waals surface area (Å²) in [7, 11) is 0. The molecule has 0 unspecified atom stereocenters. The topological polar surface area (TPSA) is 24.5 Å². The third-order valence-corrected chi connectivity index (χ3v) is 4.08. The van der Waals surface area contributed by atoms with Crippen molar-refractivity contribution in [3.63, 3.8) is 0 Å². The molecular formula is C18H30N2O. The van der Waals surface area contributed by atoms with Gasteiger partial charge in [0, 0.05) is 25.7 Å². The lowest BCUT2D eigenvalue weighted by Crippen LogP contribution is -2.39. The van der Waals surface area contributed by atoms with Gasteiger partial charge >= 0.3 is 0 Å². The maximum Gasteiger partial charge on any atom is 0.0591 e. The van der Waals surface area contributed by atoms with E-state index in [1.165, 1.54) is 37.9 Å². The van der Waals surface area contributed by atoms with Gasteiger partial charge in [0.2, 0.25) is 0 Å². The van der Waals surface area contributed by atoms with Gasteiger partial charge in [0.15, 0.2) is 0 Å². The van der Waals surface area contributed by atoms with Crippen molar-refractivity contribution in [2.75, 3.05) is 39.4 Å². The maximum atomic E-state index is 5.58. The Hall–Kier alpha value is -0.900. The van der Waals surface area contributed by atoms with Crippen molar-refractivity contribution in [1.82, 2.24) is 10.2 Å². The molecule has 1 fully saturated rings. The molecule has 1 aliphatic rings. The number of likely N-dealkylation sites (tertiary alicyclic amines) is 1. The first-order valence-corrected chi connectivity index (χ1v) is 8.48. The standard InChI is InChI=1S/C18H30N2O/c1-2-14-21-15-11-19-18(17-9-5-3-6-10-17)16-20-12-7-4-8-13-20/h3,5-6,9-10,18-19H,2,4,7-8,11-16H2,1H3/t18-/m0/s1. The molecule has 0 bridgehead atoms. The molecule has 0 aromatic heterocycles.